The van der Waals surface area contributed by atoms with E-state index in [0.717, 1.165) is 36.8 Å². The molecule has 0 saturated heterocycles. The fourth-order valence-corrected chi connectivity index (χ4v) is 2.90. The van der Waals surface area contributed by atoms with Crippen LogP contribution < -0.4 is 0 Å². The molecule has 0 aliphatic heterocycles. The normalized spacial score (nSPS) is 17.9. The highest BCUT2D eigenvalue weighted by atomic mass is 16.3. The molecule has 1 N–H and O–H groups in total. The van der Waals surface area contributed by atoms with Crippen molar-refractivity contribution in [2.45, 2.75) is 38.2 Å². The minimum atomic E-state index is -0.582. The molecular weight excluding hydrogens is 238 g/mol. The fourth-order valence-electron chi connectivity index (χ4n) is 2.90. The zero-order valence-electron chi connectivity index (χ0n) is 11.9. The number of aliphatic hydroxyl groups is 1. The molecule has 3 nitrogen and oxygen atoms in total. The Kier molecular flexibility index (Phi) is 4.38. The van der Waals surface area contributed by atoms with Crippen LogP contribution in [0, 0.1) is 6.92 Å². The van der Waals surface area contributed by atoms with Crippen LogP contribution in [-0.2, 0) is 0 Å². The molecule has 0 spiro atoms. The molecule has 19 heavy (non-hydrogen) atoms. The molecule has 1 fully saturated rings. The predicted octanol–water partition coefficient (Wildman–Crippen LogP) is 2.41. The number of nitrogens with zero attached hydrogens (tertiary/aromatic N) is 1. The van der Waals surface area contributed by atoms with Gasteiger partial charge in [-0.25, -0.2) is 0 Å². The van der Waals surface area contributed by atoms with Gasteiger partial charge in [0, 0.05) is 12.1 Å². The van der Waals surface area contributed by atoms with Crippen molar-refractivity contribution in [3.8, 4) is 0 Å². The zero-order valence-corrected chi connectivity index (χ0v) is 11.9. The van der Waals surface area contributed by atoms with E-state index < -0.39 is 5.60 Å². The first kappa shape index (κ1) is 14.2. The van der Waals surface area contributed by atoms with Gasteiger partial charge in [-0.15, -0.1) is 0 Å². The summed E-state index contributed by atoms with van der Waals surface area (Å²) in [6.45, 7) is 2.94. The molecule has 1 aliphatic rings. The monoisotopic (exact) mass is 261 g/mol. The van der Waals surface area contributed by atoms with Crippen molar-refractivity contribution >= 4 is 5.78 Å². The Labute approximate surface area is 115 Å². The van der Waals surface area contributed by atoms with Gasteiger partial charge in [0.15, 0.2) is 5.78 Å². The summed E-state index contributed by atoms with van der Waals surface area (Å²) in [6.07, 6.45) is 3.90. The molecule has 0 aromatic heterocycles. The molecule has 2 rings (SSSR count). The van der Waals surface area contributed by atoms with E-state index in [1.165, 1.54) is 0 Å². The Morgan fingerprint density at radius 3 is 2.68 bits per heavy atom. The standard InChI is InChI=1S/C16H23NO2/c1-13-6-5-7-14(10-13)15(18)11-17(2)12-16(19)8-3-4-9-16/h5-7,10,19H,3-4,8-9,11-12H2,1-2H3. The van der Waals surface area contributed by atoms with Crippen LogP contribution in [0.25, 0.3) is 0 Å². The first-order chi connectivity index (χ1) is 8.98. The van der Waals surface area contributed by atoms with Gasteiger partial charge in [0.05, 0.1) is 12.1 Å². The second-order valence-corrected chi connectivity index (χ2v) is 5.90. The van der Waals surface area contributed by atoms with Crippen LogP contribution in [-0.4, -0.2) is 41.5 Å². The number of likely N-dealkylation sites (N-methyl/N-ethyl adjacent to an activating group) is 1. The molecule has 0 radical (unpaired) electrons. The lowest BCUT2D eigenvalue weighted by molar-refractivity contribution is 0.0172. The number of hydrogen-bond acceptors (Lipinski definition) is 3. The van der Waals surface area contributed by atoms with E-state index in [0.29, 0.717) is 13.1 Å². The van der Waals surface area contributed by atoms with E-state index in [-0.39, 0.29) is 5.78 Å². The number of aryl methyl sites for hydroxylation is 1. The smallest absolute Gasteiger partial charge is 0.176 e. The summed E-state index contributed by atoms with van der Waals surface area (Å²) >= 11 is 0. The summed E-state index contributed by atoms with van der Waals surface area (Å²) in [5.74, 6) is 0.118. The van der Waals surface area contributed by atoms with Gasteiger partial charge in [0.25, 0.3) is 0 Å². The third-order valence-corrected chi connectivity index (χ3v) is 3.85. The van der Waals surface area contributed by atoms with Gasteiger partial charge in [0.2, 0.25) is 0 Å². The van der Waals surface area contributed by atoms with Crippen molar-refractivity contribution < 1.29 is 9.90 Å². The number of rotatable bonds is 5. The van der Waals surface area contributed by atoms with Crippen LogP contribution in [0.15, 0.2) is 24.3 Å². The van der Waals surface area contributed by atoms with Crippen molar-refractivity contribution in [3.63, 3.8) is 0 Å². The maximum Gasteiger partial charge on any atom is 0.176 e. The molecule has 1 aliphatic carbocycles. The molecular formula is C16H23NO2. The average Bonchev–Trinajstić information content (AvgIpc) is 2.75. The molecule has 1 saturated carbocycles. The van der Waals surface area contributed by atoms with Crippen molar-refractivity contribution in [3.05, 3.63) is 35.4 Å². The molecule has 1 aromatic carbocycles. The molecule has 0 heterocycles. The largest absolute Gasteiger partial charge is 0.389 e. The first-order valence-corrected chi connectivity index (χ1v) is 6.99. The summed E-state index contributed by atoms with van der Waals surface area (Å²) in [6, 6.07) is 7.67. The second kappa shape index (κ2) is 5.85. The maximum atomic E-state index is 12.2. The van der Waals surface area contributed by atoms with Crippen molar-refractivity contribution in [2.75, 3.05) is 20.1 Å². The Morgan fingerprint density at radius 2 is 2.05 bits per heavy atom. The van der Waals surface area contributed by atoms with Crippen LogP contribution in [0.3, 0.4) is 0 Å². The number of hydrogen-bond donors (Lipinski definition) is 1. The average molecular weight is 261 g/mol. The molecule has 0 unspecified atom stereocenters. The summed E-state index contributed by atoms with van der Waals surface area (Å²) < 4.78 is 0. The van der Waals surface area contributed by atoms with Gasteiger partial charge in [-0.2, -0.15) is 0 Å². The van der Waals surface area contributed by atoms with Gasteiger partial charge >= 0.3 is 0 Å². The Balaban J connectivity index is 1.91. The third kappa shape index (κ3) is 3.88. The van der Waals surface area contributed by atoms with Crippen LogP contribution in [0.1, 0.15) is 41.6 Å². The lowest BCUT2D eigenvalue weighted by Crippen LogP contribution is -2.41. The third-order valence-electron chi connectivity index (χ3n) is 3.85. The van der Waals surface area contributed by atoms with E-state index in [1.54, 1.807) is 0 Å². The lowest BCUT2D eigenvalue weighted by atomic mass is 10.0. The second-order valence-electron chi connectivity index (χ2n) is 5.90. The van der Waals surface area contributed by atoms with Gasteiger partial charge in [-0.3, -0.25) is 9.69 Å². The van der Waals surface area contributed by atoms with Crippen LogP contribution in [0.2, 0.25) is 0 Å². The van der Waals surface area contributed by atoms with Crippen LogP contribution in [0.4, 0.5) is 0 Å². The molecule has 0 amide bonds. The molecule has 0 bridgehead atoms. The quantitative estimate of drug-likeness (QED) is 0.828. The van der Waals surface area contributed by atoms with Crippen molar-refractivity contribution in [2.24, 2.45) is 0 Å². The number of carbonyl (C=O) groups is 1. The summed E-state index contributed by atoms with van der Waals surface area (Å²) in [4.78, 5) is 14.1. The molecule has 104 valence electrons. The van der Waals surface area contributed by atoms with Gasteiger partial charge in [0.1, 0.15) is 0 Å². The Bertz CT molecular complexity index is 450. The lowest BCUT2D eigenvalue weighted by Gasteiger charge is -2.28. The molecule has 0 atom stereocenters. The zero-order chi connectivity index (χ0) is 13.9. The molecule has 3 heteroatoms. The molecule has 1 aromatic rings. The SMILES string of the molecule is Cc1cccc(C(=O)CN(C)CC2(O)CCCC2)c1. The van der Waals surface area contributed by atoms with Gasteiger partial charge < -0.3 is 5.11 Å². The van der Waals surface area contributed by atoms with Gasteiger partial charge in [-0.05, 0) is 32.9 Å². The highest BCUT2D eigenvalue weighted by molar-refractivity contribution is 5.97. The highest BCUT2D eigenvalue weighted by Crippen LogP contribution is 2.29. The first-order valence-electron chi connectivity index (χ1n) is 6.99. The van der Waals surface area contributed by atoms with Crippen LogP contribution in [0.5, 0.6) is 0 Å². The number of carbonyl (C=O) groups excluding carboxylic acids is 1. The summed E-state index contributed by atoms with van der Waals surface area (Å²) in [5, 5.41) is 10.3. The number of benzene rings is 1. The van der Waals surface area contributed by atoms with E-state index in [1.807, 2.05) is 43.1 Å². The fraction of sp³-hybridized carbons (Fsp3) is 0.562. The van der Waals surface area contributed by atoms with Crippen LogP contribution >= 0.6 is 0 Å². The minimum absolute atomic E-state index is 0.118. The Morgan fingerprint density at radius 1 is 1.37 bits per heavy atom. The summed E-state index contributed by atoms with van der Waals surface area (Å²) in [7, 11) is 1.91. The van der Waals surface area contributed by atoms with Crippen molar-refractivity contribution in [1.82, 2.24) is 4.90 Å². The highest BCUT2D eigenvalue weighted by Gasteiger charge is 2.32. The van der Waals surface area contributed by atoms with E-state index >= 15 is 0 Å². The number of ketones is 1. The minimum Gasteiger partial charge on any atom is -0.389 e. The topological polar surface area (TPSA) is 40.5 Å². The van der Waals surface area contributed by atoms with E-state index in [2.05, 4.69) is 0 Å². The summed E-state index contributed by atoms with van der Waals surface area (Å²) in [5.41, 5.74) is 1.27. The number of Topliss-reactive ketones (excluding diaryl/α,β-unsaturated/α-hetero) is 1. The maximum absolute atomic E-state index is 12.2. The van der Waals surface area contributed by atoms with E-state index in [9.17, 15) is 9.90 Å². The van der Waals surface area contributed by atoms with E-state index in [4.69, 9.17) is 0 Å². The Hall–Kier alpha value is -1.19. The predicted molar refractivity (Wildman–Crippen MR) is 76.4 cm³/mol. The van der Waals surface area contributed by atoms with Crippen molar-refractivity contribution in [1.29, 1.82) is 0 Å². The van der Waals surface area contributed by atoms with Gasteiger partial charge in [-0.1, -0.05) is 36.6 Å².